The number of ether oxygens (including phenoxy) is 1. The minimum atomic E-state index is -4.96. The number of benzene rings is 2. The third-order valence-electron chi connectivity index (χ3n) is 9.44. The maximum absolute atomic E-state index is 14.1. The van der Waals surface area contributed by atoms with Gasteiger partial charge in [-0.2, -0.15) is 26.3 Å². The lowest BCUT2D eigenvalue weighted by atomic mass is 9.78. The first-order valence-electron chi connectivity index (χ1n) is 14.5. The molecule has 0 radical (unpaired) electrons. The molecule has 0 bridgehead atoms. The largest absolute Gasteiger partial charge is 0.416 e. The number of nitrogens with zero attached hydrogens (tertiary/aromatic N) is 3. The van der Waals surface area contributed by atoms with Crippen molar-refractivity contribution in [3.8, 4) is 0 Å². The first-order chi connectivity index (χ1) is 19.8. The fourth-order valence-electron chi connectivity index (χ4n) is 6.96. The van der Waals surface area contributed by atoms with E-state index in [4.69, 9.17) is 4.74 Å². The Kier molecular flexibility index (Phi) is 8.55. The number of urea groups is 1. The van der Waals surface area contributed by atoms with Crippen LogP contribution in [-0.4, -0.2) is 66.7 Å². The van der Waals surface area contributed by atoms with Crippen molar-refractivity contribution >= 4 is 6.03 Å². The van der Waals surface area contributed by atoms with E-state index in [1.54, 1.807) is 4.90 Å². The average molecular weight is 598 g/mol. The van der Waals surface area contributed by atoms with Crippen molar-refractivity contribution in [1.82, 2.24) is 14.7 Å². The normalized spacial score (nSPS) is 24.9. The summed E-state index contributed by atoms with van der Waals surface area (Å²) in [5, 5.41) is 0. The number of halogens is 6. The maximum atomic E-state index is 14.1. The van der Waals surface area contributed by atoms with Crippen LogP contribution in [0.4, 0.5) is 31.1 Å². The van der Waals surface area contributed by atoms with E-state index < -0.39 is 35.6 Å². The lowest BCUT2D eigenvalue weighted by Crippen LogP contribution is -2.51. The number of hydrogen-bond acceptors (Lipinski definition) is 3. The quantitative estimate of drug-likeness (QED) is 0.347. The second-order valence-electron chi connectivity index (χ2n) is 11.9. The summed E-state index contributed by atoms with van der Waals surface area (Å²) in [6, 6.07) is 8.15. The van der Waals surface area contributed by atoms with Crippen LogP contribution in [0.3, 0.4) is 0 Å². The Morgan fingerprint density at radius 3 is 2.17 bits per heavy atom. The molecule has 0 aliphatic carbocycles. The van der Waals surface area contributed by atoms with Crippen molar-refractivity contribution in [3.63, 3.8) is 0 Å². The Balaban J connectivity index is 1.45. The minimum Gasteiger partial charge on any atom is -0.381 e. The minimum absolute atomic E-state index is 0.112. The topological polar surface area (TPSA) is 36.0 Å². The third kappa shape index (κ3) is 6.13. The van der Waals surface area contributed by atoms with Crippen molar-refractivity contribution in [2.24, 2.45) is 11.8 Å². The molecule has 230 valence electrons. The van der Waals surface area contributed by atoms with Crippen LogP contribution in [0.15, 0.2) is 42.5 Å². The zero-order chi connectivity index (χ0) is 30.4. The monoisotopic (exact) mass is 597 g/mol. The number of rotatable bonds is 4. The molecule has 5 rings (SSSR count). The van der Waals surface area contributed by atoms with Crippen molar-refractivity contribution < 1.29 is 35.9 Å². The molecule has 3 saturated heterocycles. The van der Waals surface area contributed by atoms with Crippen molar-refractivity contribution in [2.75, 3.05) is 39.9 Å². The highest BCUT2D eigenvalue weighted by atomic mass is 19.4. The van der Waals surface area contributed by atoms with E-state index in [0.717, 1.165) is 56.7 Å². The maximum Gasteiger partial charge on any atom is 0.416 e. The summed E-state index contributed by atoms with van der Waals surface area (Å²) in [7, 11) is 1.45. The molecule has 5 nitrogen and oxygen atoms in total. The zero-order valence-corrected chi connectivity index (χ0v) is 24.0. The van der Waals surface area contributed by atoms with E-state index >= 15 is 0 Å². The number of alkyl halides is 6. The van der Waals surface area contributed by atoms with Crippen molar-refractivity contribution in [3.05, 3.63) is 70.3 Å². The van der Waals surface area contributed by atoms with Gasteiger partial charge in [0.2, 0.25) is 0 Å². The molecule has 42 heavy (non-hydrogen) atoms. The van der Waals surface area contributed by atoms with E-state index in [9.17, 15) is 31.1 Å². The molecule has 11 heteroatoms. The van der Waals surface area contributed by atoms with E-state index in [-0.39, 0.29) is 23.6 Å². The van der Waals surface area contributed by atoms with Crippen molar-refractivity contribution in [2.45, 2.75) is 63.6 Å². The lowest BCUT2D eigenvalue weighted by Gasteiger charge is -2.45. The number of amides is 2. The number of piperidine rings is 1. The van der Waals surface area contributed by atoms with Gasteiger partial charge in [0.05, 0.1) is 23.2 Å². The second kappa shape index (κ2) is 11.7. The number of carbonyl (C=O) groups excluding carboxylic acids is 1. The summed E-state index contributed by atoms with van der Waals surface area (Å²) in [5.74, 6) is 0.530. The predicted octanol–water partition coefficient (Wildman–Crippen LogP) is 7.32. The molecule has 0 spiro atoms. The summed E-state index contributed by atoms with van der Waals surface area (Å²) >= 11 is 0. The third-order valence-corrected chi connectivity index (χ3v) is 9.44. The Labute approximate surface area is 242 Å². The molecule has 3 aliphatic rings. The molecule has 3 fully saturated rings. The van der Waals surface area contributed by atoms with Gasteiger partial charge < -0.3 is 14.5 Å². The molecule has 3 heterocycles. The van der Waals surface area contributed by atoms with Gasteiger partial charge in [-0.25, -0.2) is 4.79 Å². The lowest BCUT2D eigenvalue weighted by molar-refractivity contribution is -0.143. The first-order valence-corrected chi connectivity index (χ1v) is 14.5. The summed E-state index contributed by atoms with van der Waals surface area (Å²) in [4.78, 5) is 19.7. The molecule has 2 aromatic carbocycles. The number of hydrogen-bond donors (Lipinski definition) is 0. The highest BCUT2D eigenvalue weighted by Crippen LogP contribution is 2.46. The van der Waals surface area contributed by atoms with Gasteiger partial charge in [-0.05, 0) is 73.9 Å². The summed E-state index contributed by atoms with van der Waals surface area (Å²) in [6.07, 6.45) is -7.21. The van der Waals surface area contributed by atoms with Crippen LogP contribution in [0.25, 0.3) is 0 Å². The number of fused-ring (bicyclic) bond motifs is 1. The molecular weight excluding hydrogens is 560 g/mol. The molecule has 4 atom stereocenters. The SMILES string of the molecule is Cc1ccccc1[C@H]1[C@@H]2CN(C3CCOCC3)C[C@H]2CCN1C(=O)N(C)[C@H](C)c1cc(C(F)(F)F)cc(C(F)(F)F)c1. The van der Waals surface area contributed by atoms with E-state index in [1.807, 2.05) is 31.2 Å². The molecule has 0 aromatic heterocycles. The highest BCUT2D eigenvalue weighted by molar-refractivity contribution is 5.75. The van der Waals surface area contributed by atoms with Crippen LogP contribution in [0.1, 0.15) is 66.1 Å². The second-order valence-corrected chi connectivity index (χ2v) is 11.9. The van der Waals surface area contributed by atoms with E-state index in [0.29, 0.717) is 30.6 Å². The van der Waals surface area contributed by atoms with Gasteiger partial charge >= 0.3 is 18.4 Å². The van der Waals surface area contributed by atoms with Crippen LogP contribution in [0.5, 0.6) is 0 Å². The van der Waals surface area contributed by atoms with Crippen LogP contribution in [0, 0.1) is 18.8 Å². The zero-order valence-electron chi connectivity index (χ0n) is 24.0. The van der Waals surface area contributed by atoms with Gasteiger partial charge in [0.15, 0.2) is 0 Å². The predicted molar refractivity (Wildman–Crippen MR) is 146 cm³/mol. The van der Waals surface area contributed by atoms with Gasteiger partial charge in [-0.15, -0.1) is 0 Å². The van der Waals surface area contributed by atoms with Gasteiger partial charge in [0.25, 0.3) is 0 Å². The molecule has 3 aliphatic heterocycles. The fraction of sp³-hybridized carbons (Fsp3) is 0.581. The summed E-state index contributed by atoms with van der Waals surface area (Å²) < 4.78 is 86.9. The average Bonchev–Trinajstić information content (AvgIpc) is 3.40. The Bertz CT molecular complexity index is 1240. The van der Waals surface area contributed by atoms with Crippen LogP contribution < -0.4 is 0 Å². The molecule has 2 amide bonds. The summed E-state index contributed by atoms with van der Waals surface area (Å²) in [6.45, 7) is 7.14. The van der Waals surface area contributed by atoms with Crippen LogP contribution in [-0.2, 0) is 17.1 Å². The molecule has 0 unspecified atom stereocenters. The fourth-order valence-corrected chi connectivity index (χ4v) is 6.96. The number of carbonyl (C=O) groups is 1. The van der Waals surface area contributed by atoms with Gasteiger partial charge in [0, 0.05) is 51.9 Å². The van der Waals surface area contributed by atoms with Gasteiger partial charge in [-0.3, -0.25) is 4.90 Å². The molecular formula is C31H37F6N3O2. The van der Waals surface area contributed by atoms with Crippen molar-refractivity contribution in [1.29, 1.82) is 0 Å². The van der Waals surface area contributed by atoms with E-state index in [1.165, 1.54) is 18.9 Å². The molecule has 2 aromatic rings. The smallest absolute Gasteiger partial charge is 0.381 e. The Morgan fingerprint density at radius 2 is 1.57 bits per heavy atom. The summed E-state index contributed by atoms with van der Waals surface area (Å²) in [5.41, 5.74) is -0.944. The van der Waals surface area contributed by atoms with E-state index in [2.05, 4.69) is 4.90 Å². The van der Waals surface area contributed by atoms with Crippen LogP contribution >= 0.6 is 0 Å². The highest BCUT2D eigenvalue weighted by Gasteiger charge is 2.48. The van der Waals surface area contributed by atoms with Crippen LogP contribution in [0.2, 0.25) is 0 Å². The number of aryl methyl sites for hydroxylation is 1. The molecule has 0 saturated carbocycles. The number of likely N-dealkylation sites (tertiary alicyclic amines) is 2. The van der Waals surface area contributed by atoms with Gasteiger partial charge in [-0.1, -0.05) is 24.3 Å². The molecule has 0 N–H and O–H groups in total. The first kappa shape index (κ1) is 30.7. The Hall–Kier alpha value is -2.79. The Morgan fingerprint density at radius 1 is 0.952 bits per heavy atom. The standard InChI is InChI=1S/C31H37F6N3O2/c1-19-6-4-5-7-26(19)28-27-18-39(25-9-12-42-13-10-25)17-21(27)8-11-40(28)29(41)38(3)20(2)22-14-23(30(32,33)34)16-24(15-22)31(35,36)37/h4-7,14-16,20-21,25,27-28H,8-13,17-18H2,1-3H3/t20-,21-,27-,28+/m1/s1. The van der Waals surface area contributed by atoms with Gasteiger partial charge in [0.1, 0.15) is 0 Å².